The van der Waals surface area contributed by atoms with Crippen LogP contribution in [0.5, 0.6) is 0 Å². The van der Waals surface area contributed by atoms with E-state index < -0.39 is 5.60 Å². The average Bonchev–Trinajstić information content (AvgIpc) is 2.69. The summed E-state index contributed by atoms with van der Waals surface area (Å²) in [6.45, 7) is 6.55. The van der Waals surface area contributed by atoms with E-state index in [2.05, 4.69) is 11.8 Å². The summed E-state index contributed by atoms with van der Waals surface area (Å²) in [6, 6.07) is 0. The number of hydrogen-bond donors (Lipinski definition) is 1. The molecule has 0 unspecified atom stereocenters. The number of carbonyl (C=O) groups excluding carboxylic acids is 1. The van der Waals surface area contributed by atoms with Gasteiger partial charge in [0.05, 0.1) is 0 Å². The fourth-order valence-electron chi connectivity index (χ4n) is 2.61. The Balaban J connectivity index is 2.77. The molecule has 1 aromatic rings. The average molecular weight is 285 g/mol. The lowest BCUT2D eigenvalue weighted by molar-refractivity contribution is -0.111. The molecule has 0 aliphatic heterocycles. The van der Waals surface area contributed by atoms with Crippen molar-refractivity contribution >= 4 is 11.4 Å². The van der Waals surface area contributed by atoms with Crippen molar-refractivity contribution in [2.45, 2.75) is 39.7 Å². The number of aliphatic hydroxyl groups is 1. The third-order valence-corrected chi connectivity index (χ3v) is 3.45. The number of hydrogen-bond acceptors (Lipinski definition) is 3. The molecule has 1 aromatic heterocycles. The zero-order valence-corrected chi connectivity index (χ0v) is 13.0. The first-order valence-electron chi connectivity index (χ1n) is 6.81. The minimum absolute atomic E-state index is 0.0641. The lowest BCUT2D eigenvalue weighted by Gasteiger charge is -2.10. The van der Waals surface area contributed by atoms with Gasteiger partial charge in [0, 0.05) is 41.9 Å². The number of fused-ring (bicyclic) bond motifs is 1. The van der Waals surface area contributed by atoms with Gasteiger partial charge in [0.2, 0.25) is 0 Å². The Morgan fingerprint density at radius 1 is 1.43 bits per heavy atom. The number of pyridine rings is 1. The maximum absolute atomic E-state index is 12.3. The fourth-order valence-corrected chi connectivity index (χ4v) is 2.61. The summed E-state index contributed by atoms with van der Waals surface area (Å²) >= 11 is 0. The highest BCUT2D eigenvalue weighted by Crippen LogP contribution is 2.33. The highest BCUT2D eigenvalue weighted by molar-refractivity contribution is 6.22. The van der Waals surface area contributed by atoms with Gasteiger partial charge in [0.1, 0.15) is 5.60 Å². The van der Waals surface area contributed by atoms with Gasteiger partial charge < -0.3 is 9.67 Å². The van der Waals surface area contributed by atoms with E-state index in [4.69, 9.17) is 0 Å². The molecule has 2 rings (SSSR count). The summed E-state index contributed by atoms with van der Waals surface area (Å²) in [5, 5.41) is 9.76. The second-order valence-corrected chi connectivity index (χ2v) is 6.01. The largest absolute Gasteiger partial charge is 0.378 e. The molecule has 4 nitrogen and oxygen atoms in total. The first kappa shape index (κ1) is 15.3. The Morgan fingerprint density at radius 2 is 2.05 bits per heavy atom. The van der Waals surface area contributed by atoms with E-state index in [1.165, 1.54) is 11.5 Å². The summed E-state index contributed by atoms with van der Waals surface area (Å²) in [5.41, 5.74) is 2.11. The van der Waals surface area contributed by atoms with Gasteiger partial charge in [-0.25, -0.2) is 0 Å². The number of aryl methyl sites for hydroxylation is 1. The number of rotatable bonds is 1. The minimum Gasteiger partial charge on any atom is -0.378 e. The van der Waals surface area contributed by atoms with Crippen LogP contribution in [-0.2, 0) is 18.3 Å². The third kappa shape index (κ3) is 2.84. The van der Waals surface area contributed by atoms with Gasteiger partial charge in [-0.05, 0) is 27.7 Å². The number of nitrogens with zero attached hydrogens (tertiary/aromatic N) is 1. The lowest BCUT2D eigenvalue weighted by Crippen LogP contribution is -2.22. The minimum atomic E-state index is -1.13. The van der Waals surface area contributed by atoms with Crippen molar-refractivity contribution in [3.63, 3.8) is 0 Å². The van der Waals surface area contributed by atoms with E-state index >= 15 is 0 Å². The first-order chi connectivity index (χ1) is 9.61. The van der Waals surface area contributed by atoms with Gasteiger partial charge in [0.15, 0.2) is 5.78 Å². The van der Waals surface area contributed by atoms with Crippen molar-refractivity contribution in [2.24, 2.45) is 7.05 Å². The second-order valence-electron chi connectivity index (χ2n) is 6.01. The molecule has 0 amide bonds. The number of Topliss-reactive ketones (excluding diaryl/α,β-unsaturated/α-hetero) is 1. The molecule has 0 saturated carbocycles. The molecule has 1 N–H and O–H groups in total. The van der Waals surface area contributed by atoms with E-state index in [1.54, 1.807) is 27.1 Å². The predicted octanol–water partition coefficient (Wildman–Crippen LogP) is 1.43. The molecule has 0 radical (unpaired) electrons. The lowest BCUT2D eigenvalue weighted by atomic mass is 9.98. The third-order valence-electron chi connectivity index (χ3n) is 3.45. The van der Waals surface area contributed by atoms with Crippen LogP contribution in [0.2, 0.25) is 0 Å². The summed E-state index contributed by atoms with van der Waals surface area (Å²) in [6.07, 6.45) is 2.11. The molecule has 0 saturated heterocycles. The predicted molar refractivity (Wildman–Crippen MR) is 81.8 cm³/mol. The summed E-state index contributed by atoms with van der Waals surface area (Å²) in [7, 11) is 1.67. The Kier molecular flexibility index (Phi) is 3.65. The van der Waals surface area contributed by atoms with Crippen LogP contribution in [0.1, 0.15) is 44.4 Å². The van der Waals surface area contributed by atoms with Gasteiger partial charge in [-0.2, -0.15) is 0 Å². The van der Waals surface area contributed by atoms with Crippen LogP contribution in [0.15, 0.2) is 16.6 Å². The molecule has 1 aliphatic rings. The van der Waals surface area contributed by atoms with Gasteiger partial charge in [-0.15, -0.1) is 0 Å². The van der Waals surface area contributed by atoms with Crippen LogP contribution in [0.25, 0.3) is 5.57 Å². The van der Waals surface area contributed by atoms with Crippen LogP contribution in [0.3, 0.4) is 0 Å². The van der Waals surface area contributed by atoms with Crippen LogP contribution in [-0.4, -0.2) is 21.1 Å². The molecule has 0 atom stereocenters. The number of aromatic nitrogens is 1. The van der Waals surface area contributed by atoms with Crippen LogP contribution >= 0.6 is 0 Å². The van der Waals surface area contributed by atoms with E-state index in [1.807, 2.05) is 6.92 Å². The second kappa shape index (κ2) is 5.01. The van der Waals surface area contributed by atoms with Crippen LogP contribution in [0, 0.1) is 11.8 Å². The van der Waals surface area contributed by atoms with E-state index in [0.29, 0.717) is 28.7 Å². The van der Waals surface area contributed by atoms with Gasteiger partial charge in [-0.1, -0.05) is 17.4 Å². The molecular weight excluding hydrogens is 266 g/mol. The van der Waals surface area contributed by atoms with Crippen molar-refractivity contribution in [3.8, 4) is 11.8 Å². The number of ketones is 1. The molecule has 21 heavy (non-hydrogen) atoms. The standard InChI is InChI=1S/C17H19NO3/c1-10-8-13-15(14(10)11(2)19)12(6-7-17(3,4)21)9-18(5)16(13)20/h9,21H,8H2,1-5H3. The van der Waals surface area contributed by atoms with E-state index in [0.717, 1.165) is 5.57 Å². The normalized spacial score (nSPS) is 13.8. The van der Waals surface area contributed by atoms with Gasteiger partial charge in [-0.3, -0.25) is 9.59 Å². The Hall–Kier alpha value is -2.12. The SMILES string of the molecule is CC(=O)C1=C(C)Cc2c1c(C#CC(C)(C)O)cn(C)c2=O. The Labute approximate surface area is 124 Å². The monoisotopic (exact) mass is 285 g/mol. The molecule has 4 heteroatoms. The maximum atomic E-state index is 12.3. The first-order valence-corrected chi connectivity index (χ1v) is 6.81. The molecule has 110 valence electrons. The van der Waals surface area contributed by atoms with Gasteiger partial charge in [0.25, 0.3) is 5.56 Å². The van der Waals surface area contributed by atoms with Crippen molar-refractivity contribution in [2.75, 3.05) is 0 Å². The number of carbonyl (C=O) groups is 1. The molecule has 0 aromatic carbocycles. The summed E-state index contributed by atoms with van der Waals surface area (Å²) in [5.74, 6) is 5.59. The Morgan fingerprint density at radius 3 is 2.57 bits per heavy atom. The van der Waals surface area contributed by atoms with Crippen LogP contribution < -0.4 is 5.56 Å². The highest BCUT2D eigenvalue weighted by Gasteiger charge is 2.27. The highest BCUT2D eigenvalue weighted by atomic mass is 16.3. The van der Waals surface area contributed by atoms with Crippen molar-refractivity contribution in [3.05, 3.63) is 38.8 Å². The zero-order valence-electron chi connectivity index (χ0n) is 13.0. The molecular formula is C17H19NO3. The number of allylic oxidation sites excluding steroid dienone is 2. The van der Waals surface area contributed by atoms with Crippen molar-refractivity contribution in [1.29, 1.82) is 0 Å². The summed E-state index contributed by atoms with van der Waals surface area (Å²) < 4.78 is 1.48. The van der Waals surface area contributed by atoms with Crippen molar-refractivity contribution < 1.29 is 9.90 Å². The van der Waals surface area contributed by atoms with E-state index in [-0.39, 0.29) is 11.3 Å². The van der Waals surface area contributed by atoms with Crippen molar-refractivity contribution in [1.82, 2.24) is 4.57 Å². The molecule has 1 heterocycles. The zero-order chi connectivity index (χ0) is 15.9. The topological polar surface area (TPSA) is 59.3 Å². The smallest absolute Gasteiger partial charge is 0.254 e. The quantitative estimate of drug-likeness (QED) is 0.794. The van der Waals surface area contributed by atoms with E-state index in [9.17, 15) is 14.7 Å². The van der Waals surface area contributed by atoms with Crippen LogP contribution in [0.4, 0.5) is 0 Å². The molecule has 0 spiro atoms. The molecule has 0 fully saturated rings. The molecule has 0 bridgehead atoms. The Bertz CT molecular complexity index is 777. The maximum Gasteiger partial charge on any atom is 0.254 e. The molecule has 1 aliphatic carbocycles. The summed E-state index contributed by atoms with van der Waals surface area (Å²) in [4.78, 5) is 24.2. The van der Waals surface area contributed by atoms with Gasteiger partial charge >= 0.3 is 0 Å². The fraction of sp³-hybridized carbons (Fsp3) is 0.412.